The van der Waals surface area contributed by atoms with Crippen molar-refractivity contribution in [2.24, 2.45) is 0 Å². The summed E-state index contributed by atoms with van der Waals surface area (Å²) in [5.41, 5.74) is 1.50. The highest BCUT2D eigenvalue weighted by Gasteiger charge is 2.09. The van der Waals surface area contributed by atoms with E-state index in [1.165, 1.54) is 23.5 Å². The molecule has 0 unspecified atom stereocenters. The van der Waals surface area contributed by atoms with Crippen LogP contribution in [0.25, 0.3) is 0 Å². The molecule has 106 valence electrons. The fraction of sp³-hybridized carbons (Fsp3) is 0.231. The highest BCUT2D eigenvalue weighted by Crippen LogP contribution is 2.26. The lowest BCUT2D eigenvalue weighted by molar-refractivity contribution is -0.384. The standard InChI is InChI=1S/C13H14ClN3O2S/c1-2-15-9-5-10(7-11(6-9)17(18)19)16-8-12-3-4-13(14)20-12/h3-7,15-16H,2,8H2,1H3. The Balaban J connectivity index is 2.15. The van der Waals surface area contributed by atoms with E-state index >= 15 is 0 Å². The van der Waals surface area contributed by atoms with Gasteiger partial charge in [0.05, 0.1) is 9.26 Å². The molecule has 0 fully saturated rings. The van der Waals surface area contributed by atoms with Gasteiger partial charge in [0.25, 0.3) is 5.69 Å². The minimum Gasteiger partial charge on any atom is -0.385 e. The van der Waals surface area contributed by atoms with Crippen LogP contribution in [0.2, 0.25) is 4.34 Å². The largest absolute Gasteiger partial charge is 0.385 e. The zero-order valence-corrected chi connectivity index (χ0v) is 12.4. The van der Waals surface area contributed by atoms with Gasteiger partial charge in [0, 0.05) is 41.5 Å². The van der Waals surface area contributed by atoms with Crippen molar-refractivity contribution >= 4 is 40.0 Å². The molecule has 1 aromatic carbocycles. The number of non-ortho nitro benzene ring substituents is 1. The summed E-state index contributed by atoms with van der Waals surface area (Å²) in [6.07, 6.45) is 0. The number of hydrogen-bond donors (Lipinski definition) is 2. The van der Waals surface area contributed by atoms with Gasteiger partial charge in [-0.25, -0.2) is 0 Å². The summed E-state index contributed by atoms with van der Waals surface area (Å²) in [5, 5.41) is 17.2. The predicted octanol–water partition coefficient (Wildman–Crippen LogP) is 4.35. The molecule has 2 rings (SSSR count). The lowest BCUT2D eigenvalue weighted by Gasteiger charge is -2.09. The molecule has 20 heavy (non-hydrogen) atoms. The Morgan fingerprint density at radius 3 is 2.50 bits per heavy atom. The molecule has 1 heterocycles. The summed E-state index contributed by atoms with van der Waals surface area (Å²) in [5.74, 6) is 0. The summed E-state index contributed by atoms with van der Waals surface area (Å²) >= 11 is 7.35. The average Bonchev–Trinajstić information content (AvgIpc) is 2.82. The molecule has 2 N–H and O–H groups in total. The van der Waals surface area contributed by atoms with Gasteiger partial charge in [-0.15, -0.1) is 11.3 Å². The second-order valence-corrected chi connectivity index (χ2v) is 5.92. The van der Waals surface area contributed by atoms with Crippen molar-refractivity contribution < 1.29 is 4.92 Å². The number of rotatable bonds is 6. The van der Waals surface area contributed by atoms with Crippen LogP contribution in [0.1, 0.15) is 11.8 Å². The van der Waals surface area contributed by atoms with E-state index in [-0.39, 0.29) is 5.69 Å². The van der Waals surface area contributed by atoms with E-state index in [1.807, 2.05) is 25.1 Å². The fourth-order valence-corrected chi connectivity index (χ4v) is 2.79. The molecule has 0 radical (unpaired) electrons. The van der Waals surface area contributed by atoms with Gasteiger partial charge in [-0.3, -0.25) is 10.1 Å². The third-order valence-electron chi connectivity index (χ3n) is 2.61. The molecule has 1 aromatic heterocycles. The number of nitro benzene ring substituents is 1. The van der Waals surface area contributed by atoms with Gasteiger partial charge in [-0.2, -0.15) is 0 Å². The lowest BCUT2D eigenvalue weighted by atomic mass is 10.2. The van der Waals surface area contributed by atoms with E-state index in [1.54, 1.807) is 0 Å². The van der Waals surface area contributed by atoms with Crippen LogP contribution in [0.15, 0.2) is 30.3 Å². The maximum atomic E-state index is 10.9. The molecule has 2 aromatic rings. The van der Waals surface area contributed by atoms with Crippen molar-refractivity contribution in [2.75, 3.05) is 17.2 Å². The summed E-state index contributed by atoms with van der Waals surface area (Å²) in [4.78, 5) is 11.6. The lowest BCUT2D eigenvalue weighted by Crippen LogP contribution is -2.02. The Morgan fingerprint density at radius 1 is 1.25 bits per heavy atom. The van der Waals surface area contributed by atoms with Gasteiger partial charge in [0.1, 0.15) is 0 Å². The molecule has 0 bridgehead atoms. The first kappa shape index (κ1) is 14.6. The SMILES string of the molecule is CCNc1cc(NCc2ccc(Cl)s2)cc([N+](=O)[O-])c1. The number of halogens is 1. The maximum Gasteiger partial charge on any atom is 0.273 e. The fourth-order valence-electron chi connectivity index (χ4n) is 1.76. The van der Waals surface area contributed by atoms with Crippen LogP contribution in [0.5, 0.6) is 0 Å². The van der Waals surface area contributed by atoms with Gasteiger partial charge >= 0.3 is 0 Å². The quantitative estimate of drug-likeness (QED) is 0.614. The number of anilines is 2. The van der Waals surface area contributed by atoms with Gasteiger partial charge in [-0.05, 0) is 25.1 Å². The van der Waals surface area contributed by atoms with Crippen LogP contribution >= 0.6 is 22.9 Å². The average molecular weight is 312 g/mol. The summed E-state index contributed by atoms with van der Waals surface area (Å²) in [6, 6.07) is 8.67. The third-order valence-corrected chi connectivity index (χ3v) is 3.84. The molecule has 0 saturated heterocycles. The number of nitrogens with zero attached hydrogens (tertiary/aromatic N) is 1. The molecule has 5 nitrogen and oxygen atoms in total. The van der Waals surface area contributed by atoms with Crippen LogP contribution in [-0.4, -0.2) is 11.5 Å². The molecule has 7 heteroatoms. The van der Waals surface area contributed by atoms with Crippen LogP contribution in [-0.2, 0) is 6.54 Å². The van der Waals surface area contributed by atoms with E-state index in [4.69, 9.17) is 11.6 Å². The predicted molar refractivity (Wildman–Crippen MR) is 83.9 cm³/mol. The highest BCUT2D eigenvalue weighted by molar-refractivity contribution is 7.16. The Kier molecular flexibility index (Phi) is 4.81. The van der Waals surface area contributed by atoms with E-state index in [0.717, 1.165) is 14.9 Å². The van der Waals surface area contributed by atoms with Crippen molar-refractivity contribution in [1.82, 2.24) is 0 Å². The first-order valence-corrected chi connectivity index (χ1v) is 7.29. The van der Waals surface area contributed by atoms with Crippen LogP contribution < -0.4 is 10.6 Å². The molecular weight excluding hydrogens is 298 g/mol. The number of hydrogen-bond acceptors (Lipinski definition) is 5. The van der Waals surface area contributed by atoms with Gasteiger partial charge in [0.15, 0.2) is 0 Å². The summed E-state index contributed by atoms with van der Waals surface area (Å²) in [7, 11) is 0. The zero-order chi connectivity index (χ0) is 14.5. The number of nitrogens with one attached hydrogen (secondary N) is 2. The third kappa shape index (κ3) is 3.85. The van der Waals surface area contributed by atoms with Gasteiger partial charge in [-0.1, -0.05) is 11.6 Å². The molecule has 0 aliphatic heterocycles. The molecule has 0 saturated carbocycles. The Bertz CT molecular complexity index is 615. The summed E-state index contributed by atoms with van der Waals surface area (Å²) in [6.45, 7) is 3.24. The first-order valence-electron chi connectivity index (χ1n) is 6.10. The van der Waals surface area contributed by atoms with Crippen molar-refractivity contribution in [1.29, 1.82) is 0 Å². The smallest absolute Gasteiger partial charge is 0.273 e. The topological polar surface area (TPSA) is 67.2 Å². The second-order valence-electron chi connectivity index (χ2n) is 4.12. The maximum absolute atomic E-state index is 10.9. The van der Waals surface area contributed by atoms with Crippen molar-refractivity contribution in [2.45, 2.75) is 13.5 Å². The normalized spacial score (nSPS) is 10.3. The molecule has 0 amide bonds. The highest BCUT2D eigenvalue weighted by atomic mass is 35.5. The van der Waals surface area contributed by atoms with E-state index in [0.29, 0.717) is 18.8 Å². The minimum atomic E-state index is -0.395. The van der Waals surface area contributed by atoms with Crippen LogP contribution in [0.3, 0.4) is 0 Å². The van der Waals surface area contributed by atoms with Crippen LogP contribution in [0, 0.1) is 10.1 Å². The first-order chi connectivity index (χ1) is 9.58. The van der Waals surface area contributed by atoms with E-state index in [9.17, 15) is 10.1 Å². The van der Waals surface area contributed by atoms with Crippen molar-refractivity contribution in [3.63, 3.8) is 0 Å². The van der Waals surface area contributed by atoms with Crippen molar-refractivity contribution in [3.05, 3.63) is 49.7 Å². The minimum absolute atomic E-state index is 0.0650. The van der Waals surface area contributed by atoms with Gasteiger partial charge < -0.3 is 10.6 Å². The Labute approximate surface area is 125 Å². The van der Waals surface area contributed by atoms with Crippen LogP contribution in [0.4, 0.5) is 17.1 Å². The zero-order valence-electron chi connectivity index (χ0n) is 10.9. The number of benzene rings is 1. The van der Waals surface area contributed by atoms with E-state index in [2.05, 4.69) is 10.6 Å². The monoisotopic (exact) mass is 311 g/mol. The Hall–Kier alpha value is -1.79. The number of nitro groups is 1. The molecular formula is C13H14ClN3O2S. The Morgan fingerprint density at radius 2 is 1.95 bits per heavy atom. The van der Waals surface area contributed by atoms with Gasteiger partial charge in [0.2, 0.25) is 0 Å². The molecule has 0 atom stereocenters. The van der Waals surface area contributed by atoms with E-state index < -0.39 is 4.92 Å². The van der Waals surface area contributed by atoms with Crippen molar-refractivity contribution in [3.8, 4) is 0 Å². The molecule has 0 aliphatic carbocycles. The summed E-state index contributed by atoms with van der Waals surface area (Å²) < 4.78 is 0.731. The molecule has 0 spiro atoms. The second kappa shape index (κ2) is 6.58. The molecule has 0 aliphatic rings. The number of thiophene rings is 1.